The molecule has 0 bridgehead atoms. The Labute approximate surface area is 64.0 Å². The van der Waals surface area contributed by atoms with E-state index in [1.807, 2.05) is 0 Å². The molecule has 1 aromatic rings. The van der Waals surface area contributed by atoms with Crippen molar-refractivity contribution in [1.82, 2.24) is 4.98 Å². The van der Waals surface area contributed by atoms with Crippen LogP contribution in [-0.4, -0.2) is 22.6 Å². The van der Waals surface area contributed by atoms with Crippen LogP contribution in [0.2, 0.25) is 0 Å². The van der Waals surface area contributed by atoms with Crippen molar-refractivity contribution in [3.63, 3.8) is 0 Å². The van der Waals surface area contributed by atoms with Gasteiger partial charge in [0.2, 0.25) is 0 Å². The molecule has 4 N–H and O–H groups in total. The molecule has 0 spiro atoms. The summed E-state index contributed by atoms with van der Waals surface area (Å²) in [6.45, 7) is 0.121. The number of rotatable bonds is 3. The number of aromatic nitrogens is 1. The van der Waals surface area contributed by atoms with Crippen molar-refractivity contribution in [1.29, 1.82) is 0 Å². The summed E-state index contributed by atoms with van der Waals surface area (Å²) >= 11 is 0. The lowest BCUT2D eigenvalue weighted by atomic mass is 10.1. The summed E-state index contributed by atoms with van der Waals surface area (Å²) in [5.74, 6) is -1.50. The molecule has 0 saturated carbocycles. The van der Waals surface area contributed by atoms with Gasteiger partial charge in [-0.1, -0.05) is 0 Å². The molecule has 0 radical (unpaired) electrons. The summed E-state index contributed by atoms with van der Waals surface area (Å²) in [4.78, 5) is 13.3. The van der Waals surface area contributed by atoms with Crippen LogP contribution in [0, 0.1) is 0 Å². The van der Waals surface area contributed by atoms with E-state index in [0.29, 0.717) is 5.69 Å². The third kappa shape index (κ3) is 1.59. The zero-order valence-electron chi connectivity index (χ0n) is 5.95. The monoisotopic (exact) mass is 154 g/mol. The molecular weight excluding hydrogens is 144 g/mol. The van der Waals surface area contributed by atoms with E-state index in [4.69, 9.17) is 10.8 Å². The number of H-pyrrole nitrogens is 1. The second-order valence-corrected chi connectivity index (χ2v) is 2.25. The van der Waals surface area contributed by atoms with Crippen molar-refractivity contribution >= 4 is 5.97 Å². The molecule has 0 amide bonds. The zero-order chi connectivity index (χ0) is 8.27. The van der Waals surface area contributed by atoms with E-state index in [1.54, 1.807) is 18.3 Å². The van der Waals surface area contributed by atoms with Gasteiger partial charge < -0.3 is 15.8 Å². The van der Waals surface area contributed by atoms with Gasteiger partial charge in [0.25, 0.3) is 0 Å². The zero-order valence-corrected chi connectivity index (χ0v) is 5.95. The summed E-state index contributed by atoms with van der Waals surface area (Å²) in [5.41, 5.74) is 5.92. The maximum absolute atomic E-state index is 10.5. The normalized spacial score (nSPS) is 12.8. The number of carbonyl (C=O) groups is 1. The third-order valence-corrected chi connectivity index (χ3v) is 1.53. The lowest BCUT2D eigenvalue weighted by Crippen LogP contribution is -2.21. The van der Waals surface area contributed by atoms with Crippen molar-refractivity contribution < 1.29 is 9.90 Å². The number of nitrogens with two attached hydrogens (primary N) is 1. The highest BCUT2D eigenvalue weighted by Crippen LogP contribution is 2.11. The fourth-order valence-electron chi connectivity index (χ4n) is 0.922. The Morgan fingerprint density at radius 3 is 2.91 bits per heavy atom. The van der Waals surface area contributed by atoms with Gasteiger partial charge in [-0.3, -0.25) is 4.79 Å². The molecule has 1 atom stereocenters. The average Bonchev–Trinajstić information content (AvgIpc) is 2.40. The summed E-state index contributed by atoms with van der Waals surface area (Å²) in [6.07, 6.45) is 1.68. The minimum absolute atomic E-state index is 0.121. The van der Waals surface area contributed by atoms with Gasteiger partial charge >= 0.3 is 5.97 Å². The topological polar surface area (TPSA) is 79.1 Å². The van der Waals surface area contributed by atoms with E-state index < -0.39 is 11.9 Å². The Kier molecular flexibility index (Phi) is 2.28. The van der Waals surface area contributed by atoms with Gasteiger partial charge in [0, 0.05) is 18.4 Å². The van der Waals surface area contributed by atoms with E-state index in [-0.39, 0.29) is 6.54 Å². The van der Waals surface area contributed by atoms with Crippen LogP contribution in [0.3, 0.4) is 0 Å². The summed E-state index contributed by atoms with van der Waals surface area (Å²) < 4.78 is 0. The van der Waals surface area contributed by atoms with Gasteiger partial charge in [0.1, 0.15) is 5.92 Å². The van der Waals surface area contributed by atoms with E-state index >= 15 is 0 Å². The highest BCUT2D eigenvalue weighted by atomic mass is 16.4. The smallest absolute Gasteiger partial charge is 0.313 e. The van der Waals surface area contributed by atoms with Crippen LogP contribution in [-0.2, 0) is 4.79 Å². The van der Waals surface area contributed by atoms with Crippen molar-refractivity contribution in [2.75, 3.05) is 6.54 Å². The first-order valence-electron chi connectivity index (χ1n) is 3.32. The molecule has 1 rings (SSSR count). The number of carboxylic acid groups (broad SMARTS) is 1. The second-order valence-electron chi connectivity index (χ2n) is 2.25. The molecule has 1 unspecified atom stereocenters. The van der Waals surface area contributed by atoms with Gasteiger partial charge in [0.15, 0.2) is 0 Å². The third-order valence-electron chi connectivity index (χ3n) is 1.53. The van der Waals surface area contributed by atoms with Crippen LogP contribution in [0.25, 0.3) is 0 Å². The molecule has 0 aliphatic rings. The van der Waals surface area contributed by atoms with Gasteiger partial charge in [-0.15, -0.1) is 0 Å². The first-order chi connectivity index (χ1) is 5.25. The molecule has 0 aliphatic carbocycles. The number of hydrogen-bond acceptors (Lipinski definition) is 2. The standard InChI is InChI=1S/C7H10N2O2/c8-4-5(7(10)11)6-2-1-3-9-6/h1-3,5,9H,4,8H2,(H,10,11). The molecule has 11 heavy (non-hydrogen) atoms. The van der Waals surface area contributed by atoms with Crippen LogP contribution in [0.4, 0.5) is 0 Å². The minimum Gasteiger partial charge on any atom is -0.481 e. The van der Waals surface area contributed by atoms with Crippen LogP contribution < -0.4 is 5.73 Å². The number of carboxylic acids is 1. The average molecular weight is 154 g/mol. The fraction of sp³-hybridized carbons (Fsp3) is 0.286. The second kappa shape index (κ2) is 3.21. The molecular formula is C7H10N2O2. The van der Waals surface area contributed by atoms with Crippen molar-refractivity contribution in [3.8, 4) is 0 Å². The maximum atomic E-state index is 10.5. The van der Waals surface area contributed by atoms with Gasteiger partial charge in [-0.25, -0.2) is 0 Å². The summed E-state index contributed by atoms with van der Waals surface area (Å²) in [6, 6.07) is 3.46. The summed E-state index contributed by atoms with van der Waals surface area (Å²) in [7, 11) is 0. The van der Waals surface area contributed by atoms with Crippen molar-refractivity contribution in [2.24, 2.45) is 5.73 Å². The molecule has 0 fully saturated rings. The van der Waals surface area contributed by atoms with Crippen LogP contribution in [0.5, 0.6) is 0 Å². The maximum Gasteiger partial charge on any atom is 0.313 e. The molecule has 0 saturated heterocycles. The SMILES string of the molecule is NCC(C(=O)O)c1ccc[nH]1. The lowest BCUT2D eigenvalue weighted by molar-refractivity contribution is -0.138. The molecule has 4 nitrogen and oxygen atoms in total. The Bertz CT molecular complexity index is 231. The predicted octanol–water partition coefficient (Wildman–Crippen LogP) is 0.142. The number of aromatic amines is 1. The number of nitrogens with one attached hydrogen (secondary N) is 1. The fourth-order valence-corrected chi connectivity index (χ4v) is 0.922. The Morgan fingerprint density at radius 1 is 1.82 bits per heavy atom. The first-order valence-corrected chi connectivity index (χ1v) is 3.32. The number of hydrogen-bond donors (Lipinski definition) is 3. The van der Waals surface area contributed by atoms with Gasteiger partial charge in [-0.2, -0.15) is 0 Å². The summed E-state index contributed by atoms with van der Waals surface area (Å²) in [5, 5.41) is 8.65. The first kappa shape index (κ1) is 7.81. The quantitative estimate of drug-likeness (QED) is 0.579. The molecule has 0 aliphatic heterocycles. The highest BCUT2D eigenvalue weighted by Gasteiger charge is 2.17. The van der Waals surface area contributed by atoms with E-state index in [1.165, 1.54) is 0 Å². The molecule has 60 valence electrons. The van der Waals surface area contributed by atoms with Crippen molar-refractivity contribution in [2.45, 2.75) is 5.92 Å². The minimum atomic E-state index is -0.894. The van der Waals surface area contributed by atoms with Crippen LogP contribution >= 0.6 is 0 Å². The molecule has 0 aromatic carbocycles. The Balaban J connectivity index is 2.79. The Morgan fingerprint density at radius 2 is 2.55 bits per heavy atom. The van der Waals surface area contributed by atoms with E-state index in [2.05, 4.69) is 4.98 Å². The van der Waals surface area contributed by atoms with E-state index in [0.717, 1.165) is 0 Å². The lowest BCUT2D eigenvalue weighted by Gasteiger charge is -2.05. The largest absolute Gasteiger partial charge is 0.481 e. The molecule has 1 heterocycles. The van der Waals surface area contributed by atoms with Crippen LogP contribution in [0.15, 0.2) is 18.3 Å². The van der Waals surface area contributed by atoms with Gasteiger partial charge in [-0.05, 0) is 12.1 Å². The molecule has 1 aromatic heterocycles. The number of aliphatic carboxylic acids is 1. The Hall–Kier alpha value is -1.29. The highest BCUT2D eigenvalue weighted by molar-refractivity contribution is 5.75. The predicted molar refractivity (Wildman–Crippen MR) is 40.2 cm³/mol. The molecule has 4 heteroatoms. The van der Waals surface area contributed by atoms with E-state index in [9.17, 15) is 4.79 Å². The van der Waals surface area contributed by atoms with Crippen LogP contribution in [0.1, 0.15) is 11.6 Å². The van der Waals surface area contributed by atoms with Gasteiger partial charge in [0.05, 0.1) is 0 Å². The van der Waals surface area contributed by atoms with Crippen molar-refractivity contribution in [3.05, 3.63) is 24.0 Å².